The molecule has 2 rings (SSSR count). The van der Waals surface area contributed by atoms with Gasteiger partial charge in [0.1, 0.15) is 11.9 Å². The van der Waals surface area contributed by atoms with E-state index in [4.69, 9.17) is 9.84 Å². The Labute approximate surface area is 192 Å². The highest BCUT2D eigenvalue weighted by atomic mass is 79.9. The van der Waals surface area contributed by atoms with Gasteiger partial charge in [-0.2, -0.15) is 0 Å². The van der Waals surface area contributed by atoms with Crippen LogP contribution in [-0.4, -0.2) is 22.3 Å². The Balaban J connectivity index is 2.32. The first-order chi connectivity index (χ1) is 14.1. The SMILES string of the molecule is CC(C)(CC/C=C/C(=O)O)[C@H](OC(=O)Nc1ccccc1)c1cc(Br)cc(Br)c1O. The van der Waals surface area contributed by atoms with Crippen LogP contribution in [0.25, 0.3) is 0 Å². The minimum absolute atomic E-state index is 0.0233. The molecule has 0 aliphatic rings. The maximum atomic E-state index is 12.6. The zero-order chi connectivity index (χ0) is 22.3. The Bertz CT molecular complexity index is 929. The van der Waals surface area contributed by atoms with Crippen LogP contribution in [0.3, 0.4) is 0 Å². The average Bonchev–Trinajstić information content (AvgIpc) is 2.67. The lowest BCUT2D eigenvalue weighted by Gasteiger charge is -2.34. The molecular weight excluding hydrogens is 518 g/mol. The molecule has 0 aromatic heterocycles. The lowest BCUT2D eigenvalue weighted by Crippen LogP contribution is -2.29. The summed E-state index contributed by atoms with van der Waals surface area (Å²) in [6.07, 6.45) is 2.17. The molecule has 0 saturated heterocycles. The number of aromatic hydroxyl groups is 1. The van der Waals surface area contributed by atoms with Crippen LogP contribution in [0.5, 0.6) is 5.75 Å². The van der Waals surface area contributed by atoms with Gasteiger partial charge in [-0.3, -0.25) is 5.32 Å². The molecule has 0 saturated carbocycles. The van der Waals surface area contributed by atoms with Crippen LogP contribution in [0.15, 0.2) is 63.6 Å². The molecule has 1 amide bonds. The maximum absolute atomic E-state index is 12.6. The molecule has 6 nitrogen and oxygen atoms in total. The van der Waals surface area contributed by atoms with Crippen LogP contribution in [0.2, 0.25) is 0 Å². The van der Waals surface area contributed by atoms with Gasteiger partial charge in [0.2, 0.25) is 0 Å². The van der Waals surface area contributed by atoms with Crippen molar-refractivity contribution in [3.05, 3.63) is 69.1 Å². The molecule has 0 unspecified atom stereocenters. The van der Waals surface area contributed by atoms with Crippen molar-refractivity contribution in [2.45, 2.75) is 32.8 Å². The first-order valence-electron chi connectivity index (χ1n) is 9.20. The van der Waals surface area contributed by atoms with E-state index in [-0.39, 0.29) is 5.75 Å². The summed E-state index contributed by atoms with van der Waals surface area (Å²) in [6, 6.07) is 12.3. The smallest absolute Gasteiger partial charge is 0.412 e. The van der Waals surface area contributed by atoms with Gasteiger partial charge in [-0.05, 0) is 53.0 Å². The molecule has 0 aliphatic carbocycles. The second-order valence-corrected chi connectivity index (χ2v) is 9.14. The molecule has 0 fully saturated rings. The van der Waals surface area contributed by atoms with Gasteiger partial charge < -0.3 is 14.9 Å². The predicted octanol–water partition coefficient (Wildman–Crippen LogP) is 6.65. The summed E-state index contributed by atoms with van der Waals surface area (Å²) in [6.45, 7) is 3.80. The molecule has 2 aromatic rings. The highest BCUT2D eigenvalue weighted by Crippen LogP contribution is 2.46. The fourth-order valence-corrected chi connectivity index (χ4v) is 4.23. The number of benzene rings is 2. The van der Waals surface area contributed by atoms with Crippen molar-refractivity contribution in [2.24, 2.45) is 5.41 Å². The van der Waals surface area contributed by atoms with E-state index in [9.17, 15) is 14.7 Å². The number of allylic oxidation sites excluding steroid dienone is 1. The highest BCUT2D eigenvalue weighted by Gasteiger charge is 2.36. The summed E-state index contributed by atoms with van der Waals surface area (Å²) in [5.41, 5.74) is 0.406. The van der Waals surface area contributed by atoms with Crippen molar-refractivity contribution in [3.8, 4) is 5.75 Å². The normalized spacial score (nSPS) is 12.5. The fourth-order valence-electron chi connectivity index (χ4n) is 2.98. The van der Waals surface area contributed by atoms with E-state index in [1.807, 2.05) is 19.9 Å². The Kier molecular flexibility index (Phi) is 8.49. The Morgan fingerprint density at radius 1 is 1.20 bits per heavy atom. The Morgan fingerprint density at radius 3 is 2.50 bits per heavy atom. The van der Waals surface area contributed by atoms with Crippen molar-refractivity contribution >= 4 is 49.6 Å². The number of phenolic OH excluding ortho intramolecular Hbond substituents is 1. The number of nitrogens with one attached hydrogen (secondary N) is 1. The molecule has 0 spiro atoms. The van der Waals surface area contributed by atoms with Crippen LogP contribution in [0.1, 0.15) is 38.4 Å². The number of para-hydroxylation sites is 1. The monoisotopic (exact) mass is 539 g/mol. The molecule has 160 valence electrons. The molecule has 0 heterocycles. The number of amides is 1. The molecule has 8 heteroatoms. The van der Waals surface area contributed by atoms with Crippen molar-refractivity contribution in [3.63, 3.8) is 0 Å². The lowest BCUT2D eigenvalue weighted by atomic mass is 9.78. The maximum Gasteiger partial charge on any atom is 0.412 e. The number of aliphatic carboxylic acids is 1. The van der Waals surface area contributed by atoms with E-state index in [1.165, 1.54) is 0 Å². The molecule has 0 bridgehead atoms. The van der Waals surface area contributed by atoms with E-state index in [0.29, 0.717) is 33.0 Å². The van der Waals surface area contributed by atoms with Crippen molar-refractivity contribution < 1.29 is 24.5 Å². The van der Waals surface area contributed by atoms with Gasteiger partial charge in [-0.25, -0.2) is 9.59 Å². The summed E-state index contributed by atoms with van der Waals surface area (Å²) >= 11 is 6.73. The van der Waals surface area contributed by atoms with Gasteiger partial charge >= 0.3 is 12.1 Å². The third-order valence-electron chi connectivity index (χ3n) is 4.51. The van der Waals surface area contributed by atoms with E-state index in [0.717, 1.165) is 6.08 Å². The molecule has 0 radical (unpaired) electrons. The first-order valence-corrected chi connectivity index (χ1v) is 10.8. The summed E-state index contributed by atoms with van der Waals surface area (Å²) in [5, 5.41) is 22.1. The van der Waals surface area contributed by atoms with Gasteiger partial charge in [0.15, 0.2) is 0 Å². The highest BCUT2D eigenvalue weighted by molar-refractivity contribution is 9.11. The van der Waals surface area contributed by atoms with E-state index >= 15 is 0 Å². The number of phenols is 1. The number of rotatable bonds is 8. The van der Waals surface area contributed by atoms with Crippen molar-refractivity contribution in [1.29, 1.82) is 0 Å². The largest absolute Gasteiger partial charge is 0.506 e. The van der Waals surface area contributed by atoms with Crippen LogP contribution in [0.4, 0.5) is 10.5 Å². The third kappa shape index (κ3) is 6.88. The predicted molar refractivity (Wildman–Crippen MR) is 123 cm³/mol. The molecular formula is C22H23Br2NO5. The number of anilines is 1. The van der Waals surface area contributed by atoms with Gasteiger partial charge in [-0.15, -0.1) is 0 Å². The number of hydrogen-bond acceptors (Lipinski definition) is 4. The summed E-state index contributed by atoms with van der Waals surface area (Å²) in [4.78, 5) is 23.3. The van der Waals surface area contributed by atoms with Crippen LogP contribution in [0, 0.1) is 5.41 Å². The average molecular weight is 541 g/mol. The molecule has 3 N–H and O–H groups in total. The first kappa shape index (κ1) is 24.0. The second-order valence-electron chi connectivity index (χ2n) is 7.37. The standard InChI is InChI=1S/C22H23Br2NO5/c1-22(2,11-7-6-10-18(26)27)20(16-12-14(23)13-17(24)19(16)28)30-21(29)25-15-8-4-3-5-9-15/h3-6,8-10,12-13,20,28H,7,11H2,1-2H3,(H,25,29)(H,26,27)/b10-6+/t20-/m1/s1. The Morgan fingerprint density at radius 2 is 1.87 bits per heavy atom. The lowest BCUT2D eigenvalue weighted by molar-refractivity contribution is -0.131. The summed E-state index contributed by atoms with van der Waals surface area (Å²) in [5.74, 6) is -1.04. The zero-order valence-corrected chi connectivity index (χ0v) is 19.7. The number of halogens is 2. The van der Waals surface area contributed by atoms with Gasteiger partial charge in [0, 0.05) is 27.2 Å². The number of carbonyl (C=O) groups excluding carboxylic acids is 1. The van der Waals surface area contributed by atoms with E-state index in [2.05, 4.69) is 37.2 Å². The molecule has 1 atom stereocenters. The number of carbonyl (C=O) groups is 2. The topological polar surface area (TPSA) is 95.9 Å². The van der Waals surface area contributed by atoms with E-state index in [1.54, 1.807) is 42.5 Å². The quantitative estimate of drug-likeness (QED) is 0.325. The second kappa shape index (κ2) is 10.6. The van der Waals surface area contributed by atoms with Crippen molar-refractivity contribution in [1.82, 2.24) is 0 Å². The number of carboxylic acid groups (broad SMARTS) is 1. The fraction of sp³-hybridized carbons (Fsp3) is 0.273. The minimum Gasteiger partial charge on any atom is -0.506 e. The van der Waals surface area contributed by atoms with Gasteiger partial charge in [-0.1, -0.05) is 54.1 Å². The third-order valence-corrected chi connectivity index (χ3v) is 5.57. The number of hydrogen-bond donors (Lipinski definition) is 3. The van der Waals surface area contributed by atoms with Gasteiger partial charge in [0.25, 0.3) is 0 Å². The van der Waals surface area contributed by atoms with E-state index < -0.39 is 23.6 Å². The van der Waals surface area contributed by atoms with Crippen molar-refractivity contribution in [2.75, 3.05) is 5.32 Å². The van der Waals surface area contributed by atoms with Crippen LogP contribution >= 0.6 is 31.9 Å². The number of ether oxygens (including phenoxy) is 1. The van der Waals surface area contributed by atoms with Crippen LogP contribution in [-0.2, 0) is 9.53 Å². The Hall–Kier alpha value is -2.32. The molecule has 30 heavy (non-hydrogen) atoms. The van der Waals surface area contributed by atoms with Gasteiger partial charge in [0.05, 0.1) is 4.47 Å². The van der Waals surface area contributed by atoms with Crippen LogP contribution < -0.4 is 5.32 Å². The zero-order valence-electron chi connectivity index (χ0n) is 16.6. The minimum atomic E-state index is -1.02. The molecule has 2 aromatic carbocycles. The summed E-state index contributed by atoms with van der Waals surface area (Å²) < 4.78 is 6.95. The summed E-state index contributed by atoms with van der Waals surface area (Å²) in [7, 11) is 0. The number of carboxylic acids is 1. The molecule has 0 aliphatic heterocycles.